The highest BCUT2D eigenvalue weighted by Crippen LogP contribution is 2.61. The lowest BCUT2D eigenvalue weighted by molar-refractivity contribution is -0.143. The standard InChI is InChI=1S/C23H20FN3O5S/c1-11-5-6-12(9-18(11)33(29,30)27-15-4-2-3-14(24)10-15)21-25-22(32-26-21)19-13-7-16-17(8-13)31-23(28)20(16)19/h2-6,9-10,13,16-17,19-20,27H,7-8H2,1H3. The number of sulfonamides is 1. The quantitative estimate of drug-likeness (QED) is 0.568. The predicted molar refractivity (Wildman–Crippen MR) is 114 cm³/mol. The van der Waals surface area contributed by atoms with Gasteiger partial charge in [0.05, 0.1) is 22.4 Å². The van der Waals surface area contributed by atoms with Crippen LogP contribution in [0.4, 0.5) is 10.1 Å². The molecule has 10 heteroatoms. The van der Waals surface area contributed by atoms with Gasteiger partial charge in [-0.05, 0) is 55.5 Å². The highest BCUT2D eigenvalue weighted by molar-refractivity contribution is 7.92. The van der Waals surface area contributed by atoms with Crippen molar-refractivity contribution in [2.45, 2.75) is 36.7 Å². The summed E-state index contributed by atoms with van der Waals surface area (Å²) in [5.74, 6) is -0.0140. The van der Waals surface area contributed by atoms with E-state index >= 15 is 0 Å². The summed E-state index contributed by atoms with van der Waals surface area (Å²) < 4.78 is 52.9. The summed E-state index contributed by atoms with van der Waals surface area (Å²) in [5.41, 5.74) is 1.10. The molecule has 5 atom stereocenters. The van der Waals surface area contributed by atoms with Crippen molar-refractivity contribution in [1.82, 2.24) is 10.1 Å². The van der Waals surface area contributed by atoms with Crippen molar-refractivity contribution in [2.75, 3.05) is 4.72 Å². The summed E-state index contributed by atoms with van der Waals surface area (Å²) in [6.07, 6.45) is 1.75. The van der Waals surface area contributed by atoms with Gasteiger partial charge in [-0.25, -0.2) is 12.8 Å². The molecule has 1 saturated heterocycles. The summed E-state index contributed by atoms with van der Waals surface area (Å²) in [7, 11) is -3.99. The van der Waals surface area contributed by atoms with Crippen LogP contribution in [0.3, 0.4) is 0 Å². The van der Waals surface area contributed by atoms with Gasteiger partial charge in [0, 0.05) is 11.5 Å². The molecule has 2 aliphatic carbocycles. The van der Waals surface area contributed by atoms with Gasteiger partial charge in [0.1, 0.15) is 11.9 Å². The zero-order valence-electron chi connectivity index (χ0n) is 17.6. The Morgan fingerprint density at radius 3 is 2.79 bits per heavy atom. The molecule has 0 radical (unpaired) electrons. The van der Waals surface area contributed by atoms with Crippen LogP contribution in [-0.2, 0) is 19.6 Å². The Morgan fingerprint density at radius 1 is 1.12 bits per heavy atom. The van der Waals surface area contributed by atoms with E-state index in [1.165, 1.54) is 24.3 Å². The molecule has 1 N–H and O–H groups in total. The van der Waals surface area contributed by atoms with Crippen molar-refractivity contribution in [1.29, 1.82) is 0 Å². The monoisotopic (exact) mass is 469 g/mol. The molecule has 3 fully saturated rings. The average Bonchev–Trinajstić information content (AvgIpc) is 3.50. The molecule has 2 bridgehead atoms. The number of rotatable bonds is 5. The highest BCUT2D eigenvalue weighted by atomic mass is 32.2. The number of esters is 1. The lowest BCUT2D eigenvalue weighted by atomic mass is 9.80. The van der Waals surface area contributed by atoms with E-state index in [0.717, 1.165) is 18.9 Å². The van der Waals surface area contributed by atoms with Crippen LogP contribution >= 0.6 is 0 Å². The Kier molecular flexibility index (Phi) is 4.39. The second kappa shape index (κ2) is 7.11. The number of carbonyl (C=O) groups excluding carboxylic acids is 1. The van der Waals surface area contributed by atoms with Crippen LogP contribution in [-0.4, -0.2) is 30.6 Å². The first-order chi connectivity index (χ1) is 15.8. The third-order valence-electron chi connectivity index (χ3n) is 7.02. The Balaban J connectivity index is 1.31. The number of anilines is 1. The van der Waals surface area contributed by atoms with E-state index in [1.807, 2.05) is 0 Å². The molecule has 8 nitrogen and oxygen atoms in total. The van der Waals surface area contributed by atoms with E-state index in [0.29, 0.717) is 17.0 Å². The summed E-state index contributed by atoms with van der Waals surface area (Å²) in [5, 5.41) is 4.07. The maximum atomic E-state index is 13.5. The second-order valence-electron chi connectivity index (χ2n) is 8.97. The van der Waals surface area contributed by atoms with E-state index in [1.54, 1.807) is 19.1 Å². The van der Waals surface area contributed by atoms with E-state index in [-0.39, 0.29) is 52.2 Å². The van der Waals surface area contributed by atoms with Crippen LogP contribution in [0.2, 0.25) is 0 Å². The van der Waals surface area contributed by atoms with Crippen molar-refractivity contribution >= 4 is 21.7 Å². The van der Waals surface area contributed by atoms with Crippen LogP contribution in [0.5, 0.6) is 0 Å². The van der Waals surface area contributed by atoms with Crippen molar-refractivity contribution in [3.8, 4) is 11.4 Å². The van der Waals surface area contributed by atoms with Gasteiger partial charge in [-0.1, -0.05) is 23.4 Å². The molecule has 0 amide bonds. The fourth-order valence-electron chi connectivity index (χ4n) is 5.62. The van der Waals surface area contributed by atoms with Crippen LogP contribution in [0.1, 0.15) is 30.2 Å². The molecular formula is C23H20FN3O5S. The number of nitrogens with one attached hydrogen (secondary N) is 1. The fourth-order valence-corrected chi connectivity index (χ4v) is 6.94. The Morgan fingerprint density at radius 2 is 1.97 bits per heavy atom. The van der Waals surface area contributed by atoms with Gasteiger partial charge in [-0.15, -0.1) is 0 Å². The number of hydrogen-bond donors (Lipinski definition) is 1. The fraction of sp³-hybridized carbons (Fsp3) is 0.348. The first-order valence-electron chi connectivity index (χ1n) is 10.7. The van der Waals surface area contributed by atoms with E-state index in [4.69, 9.17) is 9.26 Å². The van der Waals surface area contributed by atoms with Gasteiger partial charge in [-0.3, -0.25) is 9.52 Å². The normalized spacial score (nSPS) is 27.7. The number of fused-ring (bicyclic) bond motifs is 1. The molecule has 1 aliphatic heterocycles. The first-order valence-corrected chi connectivity index (χ1v) is 12.2. The van der Waals surface area contributed by atoms with Gasteiger partial charge >= 0.3 is 5.97 Å². The van der Waals surface area contributed by atoms with Crippen molar-refractivity contribution in [3.63, 3.8) is 0 Å². The zero-order chi connectivity index (χ0) is 22.9. The first kappa shape index (κ1) is 20.3. The summed E-state index contributed by atoms with van der Waals surface area (Å²) in [4.78, 5) is 16.9. The van der Waals surface area contributed by atoms with Gasteiger partial charge in [0.25, 0.3) is 10.0 Å². The molecule has 0 spiro atoms. The van der Waals surface area contributed by atoms with Gasteiger partial charge in [0.15, 0.2) is 0 Å². The number of carbonyl (C=O) groups is 1. The maximum Gasteiger partial charge on any atom is 0.310 e. The molecule has 6 rings (SSSR count). The molecule has 3 aliphatic rings. The van der Waals surface area contributed by atoms with Crippen LogP contribution in [0.25, 0.3) is 11.4 Å². The van der Waals surface area contributed by atoms with Gasteiger partial charge in [-0.2, -0.15) is 4.98 Å². The van der Waals surface area contributed by atoms with E-state index in [2.05, 4.69) is 14.9 Å². The summed E-state index contributed by atoms with van der Waals surface area (Å²) in [6.45, 7) is 1.67. The van der Waals surface area contributed by atoms with Crippen LogP contribution in [0, 0.1) is 30.5 Å². The molecular weight excluding hydrogens is 449 g/mol. The SMILES string of the molecule is Cc1ccc(-c2noc(C3C4CC5OC(=O)C3C5C4)n2)cc1S(=O)(=O)Nc1cccc(F)c1. The number of benzene rings is 2. The van der Waals surface area contributed by atoms with Crippen LogP contribution in [0.15, 0.2) is 51.9 Å². The predicted octanol–water partition coefficient (Wildman–Crippen LogP) is 3.65. The second-order valence-corrected chi connectivity index (χ2v) is 10.6. The van der Waals surface area contributed by atoms with Crippen molar-refractivity contribution in [2.24, 2.45) is 17.8 Å². The largest absolute Gasteiger partial charge is 0.462 e. The van der Waals surface area contributed by atoms with Gasteiger partial charge in [0.2, 0.25) is 11.7 Å². The number of aryl methyl sites for hydroxylation is 1. The van der Waals surface area contributed by atoms with E-state index in [9.17, 15) is 17.6 Å². The molecule has 170 valence electrons. The summed E-state index contributed by atoms with van der Waals surface area (Å²) in [6, 6.07) is 10.1. The number of hydrogen-bond acceptors (Lipinski definition) is 7. The minimum atomic E-state index is -3.99. The Hall–Kier alpha value is -3.27. The molecule has 33 heavy (non-hydrogen) atoms. The molecule has 3 aromatic rings. The van der Waals surface area contributed by atoms with Crippen molar-refractivity contribution in [3.05, 3.63) is 59.7 Å². The number of nitrogens with zero attached hydrogens (tertiary/aromatic N) is 2. The minimum absolute atomic E-state index is 0.0154. The third kappa shape index (κ3) is 3.23. The molecule has 2 heterocycles. The zero-order valence-corrected chi connectivity index (χ0v) is 18.4. The average molecular weight is 469 g/mol. The lowest BCUT2D eigenvalue weighted by Gasteiger charge is -2.20. The smallest absolute Gasteiger partial charge is 0.310 e. The topological polar surface area (TPSA) is 111 Å². The minimum Gasteiger partial charge on any atom is -0.462 e. The summed E-state index contributed by atoms with van der Waals surface area (Å²) >= 11 is 0. The Labute approximate surface area is 189 Å². The number of ether oxygens (including phenoxy) is 1. The molecule has 2 aromatic carbocycles. The van der Waals surface area contributed by atoms with Gasteiger partial charge < -0.3 is 9.26 Å². The van der Waals surface area contributed by atoms with Crippen molar-refractivity contribution < 1.29 is 26.9 Å². The molecule has 5 unspecified atom stereocenters. The number of halogens is 1. The lowest BCUT2D eigenvalue weighted by Crippen LogP contribution is -2.24. The maximum absolute atomic E-state index is 13.5. The highest BCUT2D eigenvalue weighted by Gasteiger charge is 2.63. The third-order valence-corrected chi connectivity index (χ3v) is 8.55. The number of aromatic nitrogens is 2. The Bertz CT molecular complexity index is 1390. The molecule has 2 saturated carbocycles. The van der Waals surface area contributed by atoms with Crippen LogP contribution < -0.4 is 4.72 Å². The molecule has 1 aromatic heterocycles. The van der Waals surface area contributed by atoms with E-state index < -0.39 is 15.8 Å².